The molecule has 2 aromatic rings. The van der Waals surface area contributed by atoms with Crippen LogP contribution in [0.3, 0.4) is 0 Å². The van der Waals surface area contributed by atoms with Crippen molar-refractivity contribution in [1.29, 1.82) is 0 Å². The van der Waals surface area contributed by atoms with Crippen LogP contribution < -0.4 is 5.43 Å². The summed E-state index contributed by atoms with van der Waals surface area (Å²) in [6.45, 7) is 2.03. The third-order valence-corrected chi connectivity index (χ3v) is 2.55. The molecule has 0 radical (unpaired) electrons. The molecular formula is C7H8N6S. The van der Waals surface area contributed by atoms with Crippen LogP contribution in [0.25, 0.3) is 0 Å². The molecule has 0 amide bonds. The summed E-state index contributed by atoms with van der Waals surface area (Å²) in [4.78, 5) is 1.11. The summed E-state index contributed by atoms with van der Waals surface area (Å²) >= 11 is 1.63. The zero-order chi connectivity index (χ0) is 9.80. The van der Waals surface area contributed by atoms with E-state index in [1.165, 1.54) is 5.56 Å². The minimum atomic E-state index is 0.357. The number of nitrogens with zero attached hydrogens (tertiary/aromatic N) is 4. The van der Waals surface area contributed by atoms with Crippen molar-refractivity contribution in [3.05, 3.63) is 21.9 Å². The first-order chi connectivity index (χ1) is 6.86. The third kappa shape index (κ3) is 1.94. The molecule has 2 rings (SSSR count). The van der Waals surface area contributed by atoms with Crippen LogP contribution in [0.2, 0.25) is 0 Å². The lowest BCUT2D eigenvalue weighted by molar-refractivity contribution is 0.881. The molecule has 7 heteroatoms. The zero-order valence-corrected chi connectivity index (χ0v) is 8.25. The number of rotatable bonds is 3. The number of tetrazole rings is 1. The molecule has 0 aromatic carbocycles. The zero-order valence-electron chi connectivity index (χ0n) is 7.43. The quantitative estimate of drug-likeness (QED) is 0.583. The Morgan fingerprint density at radius 1 is 1.64 bits per heavy atom. The Hall–Kier alpha value is -1.76. The van der Waals surface area contributed by atoms with Gasteiger partial charge in [0.15, 0.2) is 0 Å². The largest absolute Gasteiger partial charge is 0.283 e. The van der Waals surface area contributed by atoms with Crippen LogP contribution in [0.15, 0.2) is 16.5 Å². The van der Waals surface area contributed by atoms with Gasteiger partial charge >= 0.3 is 0 Å². The van der Waals surface area contributed by atoms with Crippen LogP contribution in [0, 0.1) is 6.92 Å². The average molecular weight is 208 g/mol. The molecule has 0 aliphatic rings. The number of aromatic amines is 1. The Morgan fingerprint density at radius 2 is 2.57 bits per heavy atom. The summed E-state index contributed by atoms with van der Waals surface area (Å²) in [5.74, 6) is 0.357. The fourth-order valence-electron chi connectivity index (χ4n) is 0.875. The van der Waals surface area contributed by atoms with Crippen LogP contribution in [0.4, 0.5) is 5.95 Å². The van der Waals surface area contributed by atoms with Gasteiger partial charge in [0.1, 0.15) is 0 Å². The lowest BCUT2D eigenvalue weighted by Crippen LogP contribution is -1.92. The molecule has 0 aliphatic heterocycles. The van der Waals surface area contributed by atoms with E-state index in [0.29, 0.717) is 5.95 Å². The van der Waals surface area contributed by atoms with Crippen LogP contribution in [-0.4, -0.2) is 26.8 Å². The van der Waals surface area contributed by atoms with E-state index in [1.807, 2.05) is 18.4 Å². The molecule has 2 heterocycles. The molecule has 0 bridgehead atoms. The highest BCUT2D eigenvalue weighted by atomic mass is 32.1. The van der Waals surface area contributed by atoms with Gasteiger partial charge in [-0.1, -0.05) is 5.10 Å². The van der Waals surface area contributed by atoms with Crippen molar-refractivity contribution in [3.63, 3.8) is 0 Å². The number of aromatic nitrogens is 4. The van der Waals surface area contributed by atoms with Gasteiger partial charge in [-0.3, -0.25) is 0 Å². The van der Waals surface area contributed by atoms with Crippen LogP contribution in [-0.2, 0) is 0 Å². The van der Waals surface area contributed by atoms with Crippen molar-refractivity contribution in [2.24, 2.45) is 5.10 Å². The molecule has 0 atom stereocenters. The maximum Gasteiger partial charge on any atom is 0.283 e. The molecule has 0 fully saturated rings. The van der Waals surface area contributed by atoms with E-state index in [4.69, 9.17) is 0 Å². The van der Waals surface area contributed by atoms with Gasteiger partial charge in [0.25, 0.3) is 5.95 Å². The summed E-state index contributed by atoms with van der Waals surface area (Å²) in [7, 11) is 0. The van der Waals surface area contributed by atoms with E-state index in [-0.39, 0.29) is 0 Å². The molecule has 72 valence electrons. The maximum atomic E-state index is 3.97. The van der Waals surface area contributed by atoms with E-state index < -0.39 is 0 Å². The van der Waals surface area contributed by atoms with Gasteiger partial charge in [-0.25, -0.2) is 5.43 Å². The molecule has 0 saturated carbocycles. The van der Waals surface area contributed by atoms with Crippen molar-refractivity contribution in [2.45, 2.75) is 6.92 Å². The van der Waals surface area contributed by atoms with Gasteiger partial charge in [0.2, 0.25) is 0 Å². The highest BCUT2D eigenvalue weighted by molar-refractivity contribution is 7.11. The van der Waals surface area contributed by atoms with Gasteiger partial charge in [-0.15, -0.1) is 16.4 Å². The van der Waals surface area contributed by atoms with Gasteiger partial charge in [-0.2, -0.15) is 10.3 Å². The molecule has 0 saturated heterocycles. The van der Waals surface area contributed by atoms with Gasteiger partial charge in [0, 0.05) is 4.88 Å². The number of hydrazone groups is 1. The normalized spacial score (nSPS) is 10.9. The smallest absolute Gasteiger partial charge is 0.243 e. The predicted octanol–water partition coefficient (Wildman–Crippen LogP) is 1.02. The standard InChI is InChI=1S/C7H8N6S/c1-5-2-3-14-6(5)4-8-9-7-10-12-13-11-7/h2-4H,1H3,(H2,9,10,11,12,13)/b8-4+. The number of hydrogen-bond donors (Lipinski definition) is 2. The number of H-pyrrole nitrogens is 1. The van der Waals surface area contributed by atoms with Crippen molar-refractivity contribution < 1.29 is 0 Å². The number of anilines is 1. The summed E-state index contributed by atoms with van der Waals surface area (Å²) in [6.07, 6.45) is 1.73. The Bertz CT molecular complexity index is 417. The van der Waals surface area contributed by atoms with Crippen LogP contribution in [0.1, 0.15) is 10.4 Å². The van der Waals surface area contributed by atoms with Crippen molar-refractivity contribution in [1.82, 2.24) is 20.6 Å². The molecule has 2 N–H and O–H groups in total. The predicted molar refractivity (Wildman–Crippen MR) is 54.5 cm³/mol. The Morgan fingerprint density at radius 3 is 3.21 bits per heavy atom. The van der Waals surface area contributed by atoms with E-state index in [0.717, 1.165) is 4.88 Å². The van der Waals surface area contributed by atoms with E-state index in [1.54, 1.807) is 17.6 Å². The average Bonchev–Trinajstić information content (AvgIpc) is 2.78. The SMILES string of the molecule is Cc1ccsc1/C=N/Nc1nn[nH]n1. The summed E-state index contributed by atoms with van der Waals surface area (Å²) in [5, 5.41) is 19.1. The highest BCUT2D eigenvalue weighted by Gasteiger charge is 1.95. The molecule has 0 unspecified atom stereocenters. The van der Waals surface area contributed by atoms with E-state index in [2.05, 4.69) is 31.2 Å². The number of nitrogens with one attached hydrogen (secondary N) is 2. The topological polar surface area (TPSA) is 78.9 Å². The summed E-state index contributed by atoms with van der Waals surface area (Å²) in [5.41, 5.74) is 3.85. The monoisotopic (exact) mass is 208 g/mol. The molecular weight excluding hydrogens is 200 g/mol. The Labute approximate surface area is 84.0 Å². The second kappa shape index (κ2) is 3.97. The number of thiophene rings is 1. The molecule has 14 heavy (non-hydrogen) atoms. The van der Waals surface area contributed by atoms with Crippen molar-refractivity contribution >= 4 is 23.5 Å². The minimum Gasteiger partial charge on any atom is -0.243 e. The lowest BCUT2D eigenvalue weighted by Gasteiger charge is -1.90. The minimum absolute atomic E-state index is 0.357. The first-order valence-electron chi connectivity index (χ1n) is 3.93. The maximum absolute atomic E-state index is 3.97. The van der Waals surface area contributed by atoms with Crippen LogP contribution >= 0.6 is 11.3 Å². The first kappa shape index (κ1) is 8.82. The van der Waals surface area contributed by atoms with Crippen molar-refractivity contribution in [2.75, 3.05) is 5.43 Å². The molecule has 6 nitrogen and oxygen atoms in total. The van der Waals surface area contributed by atoms with E-state index >= 15 is 0 Å². The number of hydrogen-bond acceptors (Lipinski definition) is 6. The van der Waals surface area contributed by atoms with Crippen LogP contribution in [0.5, 0.6) is 0 Å². The molecule has 2 aromatic heterocycles. The Kier molecular flexibility index (Phi) is 2.50. The number of aryl methyl sites for hydroxylation is 1. The van der Waals surface area contributed by atoms with Crippen molar-refractivity contribution in [3.8, 4) is 0 Å². The van der Waals surface area contributed by atoms with Gasteiger partial charge in [0.05, 0.1) is 6.21 Å². The third-order valence-electron chi connectivity index (χ3n) is 1.59. The van der Waals surface area contributed by atoms with Gasteiger partial charge < -0.3 is 0 Å². The lowest BCUT2D eigenvalue weighted by atomic mass is 10.3. The molecule has 0 spiro atoms. The second-order valence-electron chi connectivity index (χ2n) is 2.57. The Balaban J connectivity index is 1.99. The van der Waals surface area contributed by atoms with Gasteiger partial charge in [-0.05, 0) is 29.1 Å². The molecule has 0 aliphatic carbocycles. The first-order valence-corrected chi connectivity index (χ1v) is 4.81. The summed E-state index contributed by atoms with van der Waals surface area (Å²) < 4.78 is 0. The fourth-order valence-corrected chi connectivity index (χ4v) is 1.66. The summed E-state index contributed by atoms with van der Waals surface area (Å²) in [6, 6.07) is 2.04. The second-order valence-corrected chi connectivity index (χ2v) is 3.52. The van der Waals surface area contributed by atoms with E-state index in [9.17, 15) is 0 Å². The fraction of sp³-hybridized carbons (Fsp3) is 0.143. The highest BCUT2D eigenvalue weighted by Crippen LogP contribution is 2.12.